The Morgan fingerprint density at radius 2 is 1.80 bits per heavy atom. The summed E-state index contributed by atoms with van der Waals surface area (Å²) in [5.41, 5.74) is 0.814. The van der Waals surface area contributed by atoms with Crippen molar-refractivity contribution in [3.8, 4) is 5.75 Å². The van der Waals surface area contributed by atoms with Crippen LogP contribution in [0.5, 0.6) is 5.75 Å². The number of benzene rings is 1. The molecule has 0 bridgehead atoms. The SMILES string of the molecule is CN(N)Cc1ccc(OC(F)(F)F)cc1. The molecule has 0 saturated heterocycles. The number of hydrogen-bond acceptors (Lipinski definition) is 3. The number of ether oxygens (including phenoxy) is 1. The summed E-state index contributed by atoms with van der Waals surface area (Å²) >= 11 is 0. The van der Waals surface area contributed by atoms with Gasteiger partial charge in [-0.3, -0.25) is 5.84 Å². The Labute approximate surface area is 85.2 Å². The van der Waals surface area contributed by atoms with E-state index < -0.39 is 6.36 Å². The molecule has 0 atom stereocenters. The van der Waals surface area contributed by atoms with Crippen molar-refractivity contribution in [3.05, 3.63) is 29.8 Å². The Hall–Kier alpha value is -1.27. The van der Waals surface area contributed by atoms with Gasteiger partial charge in [-0.15, -0.1) is 13.2 Å². The van der Waals surface area contributed by atoms with Crippen molar-refractivity contribution in [3.63, 3.8) is 0 Å². The lowest BCUT2D eigenvalue weighted by molar-refractivity contribution is -0.274. The number of nitrogens with zero attached hydrogens (tertiary/aromatic N) is 1. The first-order valence-corrected chi connectivity index (χ1v) is 4.17. The van der Waals surface area contributed by atoms with Crippen molar-refractivity contribution in [2.75, 3.05) is 7.05 Å². The van der Waals surface area contributed by atoms with Gasteiger partial charge in [0.05, 0.1) is 0 Å². The molecule has 84 valence electrons. The van der Waals surface area contributed by atoms with Crippen LogP contribution in [-0.4, -0.2) is 18.4 Å². The zero-order valence-corrected chi connectivity index (χ0v) is 8.08. The molecule has 0 aliphatic heterocycles. The van der Waals surface area contributed by atoms with Crippen LogP contribution >= 0.6 is 0 Å². The molecule has 0 aromatic heterocycles. The van der Waals surface area contributed by atoms with E-state index in [1.54, 1.807) is 7.05 Å². The van der Waals surface area contributed by atoms with Gasteiger partial charge in [0.1, 0.15) is 5.75 Å². The summed E-state index contributed by atoms with van der Waals surface area (Å²) in [6.45, 7) is 0.465. The molecule has 0 saturated carbocycles. The molecule has 3 nitrogen and oxygen atoms in total. The standard InChI is InChI=1S/C9H11F3N2O/c1-14(13)6-7-2-4-8(5-3-7)15-9(10,11)12/h2-5H,6,13H2,1H3. The highest BCUT2D eigenvalue weighted by Gasteiger charge is 2.30. The predicted octanol–water partition coefficient (Wildman–Crippen LogP) is 1.89. The zero-order chi connectivity index (χ0) is 11.5. The van der Waals surface area contributed by atoms with Crippen molar-refractivity contribution in [2.24, 2.45) is 5.84 Å². The predicted molar refractivity (Wildman–Crippen MR) is 48.8 cm³/mol. The molecule has 0 unspecified atom stereocenters. The van der Waals surface area contributed by atoms with Crippen LogP contribution in [0.15, 0.2) is 24.3 Å². The molecule has 0 fully saturated rings. The fourth-order valence-electron chi connectivity index (χ4n) is 1.08. The maximum atomic E-state index is 11.8. The average Bonchev–Trinajstić information content (AvgIpc) is 2.05. The maximum Gasteiger partial charge on any atom is 0.573 e. The Bertz CT molecular complexity index is 308. The summed E-state index contributed by atoms with van der Waals surface area (Å²) in [5.74, 6) is 5.16. The summed E-state index contributed by atoms with van der Waals surface area (Å²) < 4.78 is 39.1. The number of alkyl halides is 3. The van der Waals surface area contributed by atoms with E-state index in [-0.39, 0.29) is 5.75 Å². The third kappa shape index (κ3) is 4.66. The Kier molecular flexibility index (Phi) is 3.54. The minimum Gasteiger partial charge on any atom is -0.406 e. The van der Waals surface area contributed by atoms with Crippen LogP contribution in [0.2, 0.25) is 0 Å². The molecular weight excluding hydrogens is 209 g/mol. The first-order valence-electron chi connectivity index (χ1n) is 4.17. The summed E-state index contributed by atoms with van der Waals surface area (Å²) in [4.78, 5) is 0. The average molecular weight is 220 g/mol. The highest BCUT2D eigenvalue weighted by Crippen LogP contribution is 2.22. The van der Waals surface area contributed by atoms with E-state index >= 15 is 0 Å². The van der Waals surface area contributed by atoms with Crippen molar-refractivity contribution in [1.29, 1.82) is 0 Å². The minimum atomic E-state index is -4.65. The molecule has 6 heteroatoms. The van der Waals surface area contributed by atoms with E-state index in [1.807, 2.05) is 0 Å². The van der Waals surface area contributed by atoms with Crippen LogP contribution in [-0.2, 0) is 6.54 Å². The van der Waals surface area contributed by atoms with Crippen molar-refractivity contribution in [1.82, 2.24) is 5.01 Å². The van der Waals surface area contributed by atoms with Gasteiger partial charge in [-0.05, 0) is 17.7 Å². The van der Waals surface area contributed by atoms with E-state index in [9.17, 15) is 13.2 Å². The summed E-state index contributed by atoms with van der Waals surface area (Å²) in [6, 6.07) is 5.58. The topological polar surface area (TPSA) is 38.5 Å². The Balaban J connectivity index is 2.64. The van der Waals surface area contributed by atoms with Gasteiger partial charge in [0.25, 0.3) is 0 Å². The number of halogens is 3. The first kappa shape index (κ1) is 11.8. The van der Waals surface area contributed by atoms with Gasteiger partial charge in [0.2, 0.25) is 0 Å². The summed E-state index contributed by atoms with van der Waals surface area (Å²) in [5, 5.41) is 1.43. The van der Waals surface area contributed by atoms with Crippen molar-refractivity contribution >= 4 is 0 Å². The molecule has 15 heavy (non-hydrogen) atoms. The van der Waals surface area contributed by atoms with Gasteiger partial charge in [-0.2, -0.15) is 0 Å². The van der Waals surface area contributed by atoms with Gasteiger partial charge >= 0.3 is 6.36 Å². The van der Waals surface area contributed by atoms with E-state index in [0.717, 1.165) is 5.56 Å². The quantitative estimate of drug-likeness (QED) is 0.624. The van der Waals surface area contributed by atoms with Crippen LogP contribution in [0.4, 0.5) is 13.2 Å². The molecule has 0 radical (unpaired) electrons. The van der Waals surface area contributed by atoms with Crippen LogP contribution in [0.3, 0.4) is 0 Å². The van der Waals surface area contributed by atoms with Gasteiger partial charge in [-0.25, -0.2) is 5.01 Å². The van der Waals surface area contributed by atoms with E-state index in [2.05, 4.69) is 4.74 Å². The van der Waals surface area contributed by atoms with Gasteiger partial charge < -0.3 is 4.74 Å². The largest absolute Gasteiger partial charge is 0.573 e. The number of nitrogens with two attached hydrogens (primary N) is 1. The van der Waals surface area contributed by atoms with Crippen LogP contribution in [0, 0.1) is 0 Å². The second-order valence-electron chi connectivity index (χ2n) is 3.11. The van der Waals surface area contributed by atoms with Crippen molar-refractivity contribution in [2.45, 2.75) is 12.9 Å². The molecule has 0 spiro atoms. The third-order valence-electron chi connectivity index (χ3n) is 1.59. The fourth-order valence-corrected chi connectivity index (χ4v) is 1.08. The van der Waals surface area contributed by atoms with Crippen molar-refractivity contribution < 1.29 is 17.9 Å². The van der Waals surface area contributed by atoms with E-state index in [0.29, 0.717) is 6.54 Å². The number of rotatable bonds is 3. The second kappa shape index (κ2) is 4.50. The summed E-state index contributed by atoms with van der Waals surface area (Å²) in [7, 11) is 1.67. The molecule has 1 aromatic rings. The van der Waals surface area contributed by atoms with E-state index in [1.165, 1.54) is 29.3 Å². The lowest BCUT2D eigenvalue weighted by Crippen LogP contribution is -2.25. The molecular formula is C9H11F3N2O. The third-order valence-corrected chi connectivity index (χ3v) is 1.59. The lowest BCUT2D eigenvalue weighted by atomic mass is 10.2. The van der Waals surface area contributed by atoms with Crippen LogP contribution in [0.1, 0.15) is 5.56 Å². The highest BCUT2D eigenvalue weighted by atomic mass is 19.4. The molecule has 1 aromatic carbocycles. The molecule has 0 heterocycles. The minimum absolute atomic E-state index is 0.231. The monoisotopic (exact) mass is 220 g/mol. The summed E-state index contributed by atoms with van der Waals surface area (Å²) in [6.07, 6.45) is -4.65. The molecule has 1 rings (SSSR count). The zero-order valence-electron chi connectivity index (χ0n) is 8.08. The van der Waals surface area contributed by atoms with E-state index in [4.69, 9.17) is 5.84 Å². The smallest absolute Gasteiger partial charge is 0.406 e. The molecule has 0 aliphatic rings. The van der Waals surface area contributed by atoms with Crippen LogP contribution in [0.25, 0.3) is 0 Å². The van der Waals surface area contributed by atoms with Gasteiger partial charge in [-0.1, -0.05) is 12.1 Å². The maximum absolute atomic E-state index is 11.8. The van der Waals surface area contributed by atoms with Crippen LogP contribution < -0.4 is 10.6 Å². The number of hydrazine groups is 1. The van der Waals surface area contributed by atoms with Gasteiger partial charge in [0.15, 0.2) is 0 Å². The first-order chi connectivity index (χ1) is 6.87. The molecule has 0 amide bonds. The van der Waals surface area contributed by atoms with Gasteiger partial charge in [0, 0.05) is 13.6 Å². The Morgan fingerprint density at radius 1 is 1.27 bits per heavy atom. The highest BCUT2D eigenvalue weighted by molar-refractivity contribution is 5.27. The number of hydrogen-bond donors (Lipinski definition) is 1. The lowest BCUT2D eigenvalue weighted by Gasteiger charge is -2.11. The molecule has 0 aliphatic carbocycles. The second-order valence-corrected chi connectivity index (χ2v) is 3.11. The Morgan fingerprint density at radius 3 is 2.20 bits per heavy atom. The molecule has 2 N–H and O–H groups in total. The normalized spacial score (nSPS) is 11.9. The fraction of sp³-hybridized carbons (Fsp3) is 0.333.